The number of alkyl carbamates (subject to hydrolysis) is 1. The Bertz CT molecular complexity index is 1600. The van der Waals surface area contributed by atoms with Crippen LogP contribution in [0.3, 0.4) is 0 Å². The highest BCUT2D eigenvalue weighted by Crippen LogP contribution is 2.45. The van der Waals surface area contributed by atoms with Crippen LogP contribution in [0.25, 0.3) is 11.1 Å². The zero-order chi connectivity index (χ0) is 32.0. The van der Waals surface area contributed by atoms with E-state index in [-0.39, 0.29) is 29.2 Å². The molecule has 1 aliphatic carbocycles. The third-order valence-electron chi connectivity index (χ3n) is 7.90. The molecule has 1 aliphatic heterocycles. The van der Waals surface area contributed by atoms with E-state index >= 15 is 0 Å². The van der Waals surface area contributed by atoms with Crippen LogP contribution in [0.2, 0.25) is 5.02 Å². The molecule has 13 heteroatoms. The summed E-state index contributed by atoms with van der Waals surface area (Å²) < 4.78 is 32.4. The summed E-state index contributed by atoms with van der Waals surface area (Å²) in [6.45, 7) is 4.93. The molecule has 0 spiro atoms. The number of nitrogen functional groups attached to an aromatic ring is 1. The summed E-state index contributed by atoms with van der Waals surface area (Å²) in [5.74, 6) is -0.446. The fourth-order valence-electron chi connectivity index (χ4n) is 5.45. The van der Waals surface area contributed by atoms with Crippen molar-refractivity contribution in [3.63, 3.8) is 0 Å². The minimum atomic E-state index is -2.76. The SMILES string of the molecule is CC(C)(C)C[C@]1(c2ccc(-c3cnn(C(F)F)c3)cc2)N=C(N)N(C(COC(=O)NC2(C)CC2)c2ccc(Cl)c(N)c2)C1=O. The number of benzene rings is 2. The summed E-state index contributed by atoms with van der Waals surface area (Å²) >= 11 is 6.19. The lowest BCUT2D eigenvalue weighted by molar-refractivity contribution is -0.135. The Morgan fingerprint density at radius 1 is 1.14 bits per heavy atom. The van der Waals surface area contributed by atoms with Gasteiger partial charge in [-0.2, -0.15) is 13.9 Å². The smallest absolute Gasteiger partial charge is 0.407 e. The van der Waals surface area contributed by atoms with Crippen LogP contribution in [0.15, 0.2) is 59.9 Å². The van der Waals surface area contributed by atoms with Crippen LogP contribution in [0.1, 0.15) is 70.7 Å². The van der Waals surface area contributed by atoms with E-state index in [4.69, 9.17) is 32.8 Å². The van der Waals surface area contributed by atoms with Gasteiger partial charge in [0.1, 0.15) is 6.61 Å². The number of ether oxygens (including phenoxy) is 1. The Balaban J connectivity index is 1.51. The number of hydrogen-bond acceptors (Lipinski definition) is 7. The van der Waals surface area contributed by atoms with E-state index in [1.807, 2.05) is 27.7 Å². The number of hydrogen-bond donors (Lipinski definition) is 3. The van der Waals surface area contributed by atoms with Crippen molar-refractivity contribution < 1.29 is 23.1 Å². The van der Waals surface area contributed by atoms with Crippen LogP contribution in [0.4, 0.5) is 19.3 Å². The maximum absolute atomic E-state index is 14.6. The summed E-state index contributed by atoms with van der Waals surface area (Å²) in [5, 5.41) is 6.90. The van der Waals surface area contributed by atoms with Crippen LogP contribution in [-0.2, 0) is 15.1 Å². The number of halogens is 3. The number of carbonyl (C=O) groups is 2. The van der Waals surface area contributed by atoms with E-state index in [1.165, 1.54) is 17.3 Å². The van der Waals surface area contributed by atoms with E-state index in [2.05, 4.69) is 10.4 Å². The highest BCUT2D eigenvalue weighted by molar-refractivity contribution is 6.33. The number of nitrogens with one attached hydrogen (secondary N) is 1. The number of aromatic nitrogens is 2. The van der Waals surface area contributed by atoms with Crippen molar-refractivity contribution in [2.45, 2.75) is 70.6 Å². The van der Waals surface area contributed by atoms with Gasteiger partial charge in [-0.05, 0) is 60.4 Å². The number of aliphatic imine (C=N–C) groups is 1. The van der Waals surface area contributed by atoms with Crippen LogP contribution in [0.5, 0.6) is 0 Å². The Morgan fingerprint density at radius 2 is 1.82 bits per heavy atom. The lowest BCUT2D eigenvalue weighted by Crippen LogP contribution is -2.48. The molecule has 0 saturated heterocycles. The zero-order valence-corrected chi connectivity index (χ0v) is 25.7. The molecule has 2 amide bonds. The van der Waals surface area contributed by atoms with E-state index < -0.39 is 30.1 Å². The molecule has 1 saturated carbocycles. The Morgan fingerprint density at radius 3 is 2.39 bits per heavy atom. The maximum Gasteiger partial charge on any atom is 0.407 e. The van der Waals surface area contributed by atoms with Gasteiger partial charge in [0.25, 0.3) is 5.91 Å². The number of guanidine groups is 1. The second-order valence-electron chi connectivity index (χ2n) is 12.9. The first-order chi connectivity index (χ1) is 20.6. The molecular weight excluding hydrogens is 592 g/mol. The number of nitrogens with two attached hydrogens (primary N) is 2. The second kappa shape index (κ2) is 11.4. The van der Waals surface area contributed by atoms with Gasteiger partial charge in [0.05, 0.1) is 22.9 Å². The summed E-state index contributed by atoms with van der Waals surface area (Å²) in [5.41, 5.74) is 13.1. The predicted octanol–water partition coefficient (Wildman–Crippen LogP) is 5.99. The van der Waals surface area contributed by atoms with Crippen LogP contribution < -0.4 is 16.8 Å². The zero-order valence-electron chi connectivity index (χ0n) is 25.0. The van der Waals surface area contributed by atoms with Crippen LogP contribution >= 0.6 is 11.6 Å². The summed E-state index contributed by atoms with van der Waals surface area (Å²) in [4.78, 5) is 33.4. The summed E-state index contributed by atoms with van der Waals surface area (Å²) in [6, 6.07) is 11.0. The largest absolute Gasteiger partial charge is 0.447 e. The minimum absolute atomic E-state index is 0.0433. The number of anilines is 1. The molecule has 2 aromatic carbocycles. The molecule has 5 rings (SSSR count). The lowest BCUT2D eigenvalue weighted by Gasteiger charge is -2.35. The number of alkyl halides is 2. The molecule has 0 bridgehead atoms. The number of rotatable bonds is 9. The highest BCUT2D eigenvalue weighted by atomic mass is 35.5. The van der Waals surface area contributed by atoms with E-state index in [9.17, 15) is 18.4 Å². The molecule has 2 heterocycles. The normalized spacial score (nSPS) is 20.0. The minimum Gasteiger partial charge on any atom is -0.447 e. The van der Waals surface area contributed by atoms with Crippen molar-refractivity contribution >= 4 is 35.2 Å². The second-order valence-corrected chi connectivity index (χ2v) is 13.3. The highest BCUT2D eigenvalue weighted by Gasteiger charge is 2.53. The van der Waals surface area contributed by atoms with Gasteiger partial charge in [0, 0.05) is 17.3 Å². The fraction of sp³-hybridized carbons (Fsp3) is 0.419. The van der Waals surface area contributed by atoms with E-state index in [0.717, 1.165) is 12.8 Å². The molecule has 2 aliphatic rings. The number of nitrogens with zero attached hydrogens (tertiary/aromatic N) is 4. The van der Waals surface area contributed by atoms with Gasteiger partial charge < -0.3 is 21.5 Å². The molecule has 3 aromatic rings. The molecule has 10 nitrogen and oxygen atoms in total. The van der Waals surface area contributed by atoms with Gasteiger partial charge in [0.2, 0.25) is 0 Å². The quantitative estimate of drug-likeness (QED) is 0.249. The Labute approximate surface area is 259 Å². The topological polar surface area (TPSA) is 141 Å². The molecular formula is C31H36ClF2N7O3. The third kappa shape index (κ3) is 6.35. The van der Waals surface area contributed by atoms with Crippen LogP contribution in [0, 0.1) is 5.41 Å². The molecule has 0 radical (unpaired) electrons. The standard InChI is InChI=1S/C31H36ClF2N7O3/c1-29(2,3)17-31(21-8-5-18(6-9-21)20-14-37-40(15-20)26(33)34)25(42)41(27(36)38-31)24(19-7-10-22(32)23(35)13-19)16-44-28(43)39-30(4)11-12-30/h5-10,13-15,24,26H,11-12,16-17,35H2,1-4H3,(H2,36,38)(H,39,43)/t24?,31-/m1/s1. The molecule has 5 N–H and O–H groups in total. The molecule has 2 atom stereocenters. The van der Waals surface area contributed by atoms with Gasteiger partial charge in [-0.15, -0.1) is 0 Å². The van der Waals surface area contributed by atoms with Crippen molar-refractivity contribution in [1.29, 1.82) is 0 Å². The van der Waals surface area contributed by atoms with Gasteiger partial charge >= 0.3 is 12.6 Å². The van der Waals surface area contributed by atoms with Crippen molar-refractivity contribution in [2.24, 2.45) is 16.1 Å². The summed E-state index contributed by atoms with van der Waals surface area (Å²) in [7, 11) is 0. The lowest BCUT2D eigenvalue weighted by atomic mass is 9.75. The van der Waals surface area contributed by atoms with Crippen molar-refractivity contribution in [2.75, 3.05) is 12.3 Å². The third-order valence-corrected chi connectivity index (χ3v) is 8.25. The van der Waals surface area contributed by atoms with E-state index in [1.54, 1.807) is 42.5 Å². The summed E-state index contributed by atoms with van der Waals surface area (Å²) in [6.07, 6.45) is 4.01. The average Bonchev–Trinajstić information content (AvgIpc) is 3.35. The van der Waals surface area contributed by atoms with Gasteiger partial charge in [-0.1, -0.05) is 62.7 Å². The van der Waals surface area contributed by atoms with Crippen molar-refractivity contribution in [3.05, 3.63) is 71.0 Å². The number of amides is 2. The van der Waals surface area contributed by atoms with Gasteiger partial charge in [-0.3, -0.25) is 9.69 Å². The first kappa shape index (κ1) is 31.2. The van der Waals surface area contributed by atoms with E-state index in [0.29, 0.717) is 38.4 Å². The molecule has 1 fully saturated rings. The monoisotopic (exact) mass is 627 g/mol. The van der Waals surface area contributed by atoms with Gasteiger partial charge in [0.15, 0.2) is 11.5 Å². The van der Waals surface area contributed by atoms with Gasteiger partial charge in [-0.25, -0.2) is 14.5 Å². The Hall–Kier alpha value is -4.19. The van der Waals surface area contributed by atoms with Crippen molar-refractivity contribution in [3.8, 4) is 11.1 Å². The number of carbonyl (C=O) groups excluding carboxylic acids is 2. The fourth-order valence-corrected chi connectivity index (χ4v) is 5.56. The van der Waals surface area contributed by atoms with Crippen LogP contribution in [-0.4, -0.2) is 44.8 Å². The molecule has 1 unspecified atom stereocenters. The molecule has 1 aromatic heterocycles. The first-order valence-electron chi connectivity index (χ1n) is 14.2. The average molecular weight is 628 g/mol. The van der Waals surface area contributed by atoms with Crippen molar-refractivity contribution in [1.82, 2.24) is 20.0 Å². The Kier molecular flexibility index (Phi) is 8.08. The predicted molar refractivity (Wildman–Crippen MR) is 164 cm³/mol. The first-order valence-corrected chi connectivity index (χ1v) is 14.6. The molecule has 44 heavy (non-hydrogen) atoms. The molecule has 234 valence electrons. The maximum atomic E-state index is 14.6.